The molecule has 198 valence electrons. The smallest absolute Gasteiger partial charge is 0.0508 e. The van der Waals surface area contributed by atoms with Gasteiger partial charge < -0.3 is 9.80 Å². The average Bonchev–Trinajstić information content (AvgIpc) is 3.33. The van der Waals surface area contributed by atoms with E-state index >= 15 is 0 Å². The average molecular weight is 505 g/mol. The molecule has 2 aromatic carbocycles. The molecule has 7 rings (SSSR count). The summed E-state index contributed by atoms with van der Waals surface area (Å²) in [6.45, 7) is 0. The normalized spacial score (nSPS) is 31.0. The first-order chi connectivity index (χ1) is 18.9. The highest BCUT2D eigenvalue weighted by Gasteiger charge is 2.48. The molecular weight excluding hydrogens is 460 g/mol. The standard InChI is InChI=1S/C36H44N2/c1-3-11-29(12-4-1)37(30-13-5-2-6-14-30)31-23-19-27(20-24-31)28-21-25-32(26-22-28)38-35-17-9-7-15-33(35)34-16-8-10-18-36(34)38/h1,3-4,9,11-12,17,19,21-27,30,33-36H,2,5-8,10,13-16,18,20H2. The van der Waals surface area contributed by atoms with Gasteiger partial charge in [-0.1, -0.05) is 86.7 Å². The molecule has 1 heterocycles. The van der Waals surface area contributed by atoms with E-state index < -0.39 is 0 Å². The maximum atomic E-state index is 2.82. The summed E-state index contributed by atoms with van der Waals surface area (Å²) in [5.74, 6) is 2.24. The Morgan fingerprint density at radius 1 is 0.711 bits per heavy atom. The topological polar surface area (TPSA) is 6.48 Å². The Kier molecular flexibility index (Phi) is 6.90. The van der Waals surface area contributed by atoms with Crippen LogP contribution in [0.5, 0.6) is 0 Å². The maximum Gasteiger partial charge on any atom is 0.0508 e. The molecule has 0 N–H and O–H groups in total. The highest BCUT2D eigenvalue weighted by molar-refractivity contribution is 5.58. The van der Waals surface area contributed by atoms with E-state index in [2.05, 4.69) is 94.8 Å². The molecule has 2 aromatic rings. The van der Waals surface area contributed by atoms with Crippen LogP contribution in [0, 0.1) is 11.8 Å². The monoisotopic (exact) mass is 504 g/mol. The Hall–Kier alpha value is -2.74. The van der Waals surface area contributed by atoms with Crippen molar-refractivity contribution in [3.05, 3.63) is 96.2 Å². The highest BCUT2D eigenvalue weighted by Crippen LogP contribution is 2.49. The molecule has 4 aliphatic carbocycles. The van der Waals surface area contributed by atoms with Crippen molar-refractivity contribution in [1.82, 2.24) is 0 Å². The largest absolute Gasteiger partial charge is 0.362 e. The predicted octanol–water partition coefficient (Wildman–Crippen LogP) is 9.17. The number of nitrogens with zero attached hydrogens (tertiary/aromatic N) is 2. The highest BCUT2D eigenvalue weighted by atomic mass is 15.2. The lowest BCUT2D eigenvalue weighted by atomic mass is 9.75. The molecule has 5 aliphatic rings. The van der Waals surface area contributed by atoms with Crippen molar-refractivity contribution in [3.8, 4) is 0 Å². The van der Waals surface area contributed by atoms with Crippen molar-refractivity contribution in [1.29, 1.82) is 0 Å². The molecule has 1 saturated heterocycles. The number of anilines is 2. The van der Waals surface area contributed by atoms with Crippen LogP contribution in [0.4, 0.5) is 11.4 Å². The van der Waals surface area contributed by atoms with Crippen LogP contribution in [-0.2, 0) is 0 Å². The fourth-order valence-corrected chi connectivity index (χ4v) is 8.60. The number of benzene rings is 2. The van der Waals surface area contributed by atoms with E-state index in [1.54, 1.807) is 0 Å². The minimum absolute atomic E-state index is 0.472. The van der Waals surface area contributed by atoms with E-state index in [1.807, 2.05) is 0 Å². The van der Waals surface area contributed by atoms with Crippen LogP contribution >= 0.6 is 0 Å². The summed E-state index contributed by atoms with van der Waals surface area (Å²) in [6, 6.07) is 22.8. The van der Waals surface area contributed by atoms with Gasteiger partial charge in [-0.05, 0) is 92.7 Å². The zero-order valence-corrected chi connectivity index (χ0v) is 22.9. The molecule has 5 unspecified atom stereocenters. The Morgan fingerprint density at radius 3 is 2.29 bits per heavy atom. The van der Waals surface area contributed by atoms with E-state index in [9.17, 15) is 0 Å². The van der Waals surface area contributed by atoms with Crippen molar-refractivity contribution in [2.75, 3.05) is 9.80 Å². The minimum atomic E-state index is 0.472. The maximum absolute atomic E-state index is 2.82. The number of allylic oxidation sites excluding steroid dienone is 4. The van der Waals surface area contributed by atoms with E-state index in [1.165, 1.54) is 93.3 Å². The lowest BCUT2D eigenvalue weighted by molar-refractivity contribution is 0.262. The van der Waals surface area contributed by atoms with Gasteiger partial charge in [-0.2, -0.15) is 0 Å². The molecule has 2 saturated carbocycles. The van der Waals surface area contributed by atoms with Crippen LogP contribution in [0.15, 0.2) is 90.7 Å². The number of hydrogen-bond donors (Lipinski definition) is 0. The van der Waals surface area contributed by atoms with Crippen LogP contribution in [0.2, 0.25) is 0 Å². The molecule has 1 aliphatic heterocycles. The number of rotatable bonds is 5. The Labute approximate surface area is 230 Å². The summed E-state index contributed by atoms with van der Waals surface area (Å²) in [5.41, 5.74) is 5.65. The number of para-hydroxylation sites is 1. The van der Waals surface area contributed by atoms with Gasteiger partial charge in [-0.3, -0.25) is 0 Å². The van der Waals surface area contributed by atoms with Crippen molar-refractivity contribution >= 4 is 11.4 Å². The summed E-state index contributed by atoms with van der Waals surface area (Å²) in [7, 11) is 0. The quantitative estimate of drug-likeness (QED) is 0.375. The molecule has 3 fully saturated rings. The van der Waals surface area contributed by atoms with Gasteiger partial charge in [0.1, 0.15) is 0 Å². The van der Waals surface area contributed by atoms with Crippen LogP contribution in [0.1, 0.15) is 88.5 Å². The summed E-state index contributed by atoms with van der Waals surface area (Å²) >= 11 is 0. The molecule has 0 radical (unpaired) electrons. The summed E-state index contributed by atoms with van der Waals surface area (Å²) in [5, 5.41) is 0. The molecule has 2 heteroatoms. The minimum Gasteiger partial charge on any atom is -0.362 e. The van der Waals surface area contributed by atoms with Gasteiger partial charge >= 0.3 is 0 Å². The number of hydrogen-bond acceptors (Lipinski definition) is 2. The van der Waals surface area contributed by atoms with Gasteiger partial charge in [0, 0.05) is 35.1 Å². The van der Waals surface area contributed by atoms with E-state index in [-0.39, 0.29) is 0 Å². The van der Waals surface area contributed by atoms with Crippen molar-refractivity contribution in [2.24, 2.45) is 11.8 Å². The second-order valence-electron chi connectivity index (χ2n) is 12.5. The van der Waals surface area contributed by atoms with Crippen molar-refractivity contribution in [3.63, 3.8) is 0 Å². The summed E-state index contributed by atoms with van der Waals surface area (Å²) < 4.78 is 0. The third-order valence-electron chi connectivity index (χ3n) is 10.4. The Balaban J connectivity index is 1.09. The fourth-order valence-electron chi connectivity index (χ4n) is 8.60. The molecule has 38 heavy (non-hydrogen) atoms. The van der Waals surface area contributed by atoms with E-state index in [0.717, 1.165) is 24.3 Å². The summed E-state index contributed by atoms with van der Waals surface area (Å²) in [4.78, 5) is 5.46. The fraction of sp³-hybridized carbons (Fsp3) is 0.500. The van der Waals surface area contributed by atoms with Crippen LogP contribution in [-0.4, -0.2) is 18.1 Å². The first-order valence-corrected chi connectivity index (χ1v) is 15.6. The molecule has 0 bridgehead atoms. The van der Waals surface area contributed by atoms with Gasteiger partial charge in [0.05, 0.1) is 6.04 Å². The zero-order chi connectivity index (χ0) is 25.3. The summed E-state index contributed by atoms with van der Waals surface area (Å²) in [6.07, 6.45) is 28.5. The van der Waals surface area contributed by atoms with Gasteiger partial charge in [-0.25, -0.2) is 0 Å². The Morgan fingerprint density at radius 2 is 1.50 bits per heavy atom. The lowest BCUT2D eigenvalue weighted by Crippen LogP contribution is -2.38. The van der Waals surface area contributed by atoms with Gasteiger partial charge in [0.25, 0.3) is 0 Å². The van der Waals surface area contributed by atoms with Gasteiger partial charge in [0.2, 0.25) is 0 Å². The van der Waals surface area contributed by atoms with E-state index in [4.69, 9.17) is 0 Å². The van der Waals surface area contributed by atoms with Crippen molar-refractivity contribution in [2.45, 2.75) is 101 Å². The molecular formula is C36H44N2. The SMILES string of the molecule is C1=CC2C(CC1)C1CCCCC1N2c1ccc(C2C=CC(N(c3ccccc3)C3CCCCC3)=CC2)cc1. The van der Waals surface area contributed by atoms with Crippen molar-refractivity contribution < 1.29 is 0 Å². The first-order valence-electron chi connectivity index (χ1n) is 15.6. The lowest BCUT2D eigenvalue weighted by Gasteiger charge is -2.38. The zero-order valence-electron chi connectivity index (χ0n) is 22.9. The Bertz CT molecular complexity index is 1170. The third-order valence-corrected chi connectivity index (χ3v) is 10.4. The molecule has 5 atom stereocenters. The first kappa shape index (κ1) is 24.3. The molecule has 0 amide bonds. The van der Waals surface area contributed by atoms with Gasteiger partial charge in [-0.15, -0.1) is 0 Å². The third kappa shape index (κ3) is 4.55. The number of fused-ring (bicyclic) bond motifs is 3. The second kappa shape index (κ2) is 10.8. The van der Waals surface area contributed by atoms with Gasteiger partial charge in [0.15, 0.2) is 0 Å². The molecule has 0 spiro atoms. The van der Waals surface area contributed by atoms with E-state index in [0.29, 0.717) is 18.0 Å². The van der Waals surface area contributed by atoms with Crippen LogP contribution < -0.4 is 9.80 Å². The molecule has 0 aromatic heterocycles. The van der Waals surface area contributed by atoms with Crippen LogP contribution in [0.25, 0.3) is 0 Å². The molecule has 2 nitrogen and oxygen atoms in total. The predicted molar refractivity (Wildman–Crippen MR) is 161 cm³/mol. The van der Waals surface area contributed by atoms with Crippen LogP contribution in [0.3, 0.4) is 0 Å². The second-order valence-corrected chi connectivity index (χ2v) is 12.5.